The molecular weight excluding hydrogens is 340 g/mol. The van der Waals surface area contributed by atoms with Crippen LogP contribution in [0, 0.1) is 11.3 Å². The Kier molecular flexibility index (Phi) is 5.09. The normalized spacial score (nSPS) is 9.80. The first kappa shape index (κ1) is 14.5. The summed E-state index contributed by atoms with van der Waals surface area (Å²) in [6, 6.07) is 9.06. The van der Waals surface area contributed by atoms with Crippen molar-refractivity contribution in [1.29, 1.82) is 5.26 Å². The minimum Gasteiger partial charge on any atom is -0.367 e. The van der Waals surface area contributed by atoms with E-state index in [-0.39, 0.29) is 5.91 Å². The Hall–Kier alpha value is -1.91. The van der Waals surface area contributed by atoms with Gasteiger partial charge in [-0.05, 0) is 40.2 Å². The summed E-state index contributed by atoms with van der Waals surface area (Å²) in [5.74, 6) is 0.423. The summed E-state index contributed by atoms with van der Waals surface area (Å²) in [5.41, 5.74) is 0.487. The number of carbonyl (C=O) groups excluding carboxylic acids is 1. The maximum atomic E-state index is 11.8. The van der Waals surface area contributed by atoms with Crippen LogP contribution >= 0.6 is 27.3 Å². The van der Waals surface area contributed by atoms with Gasteiger partial charge in [0.25, 0.3) is 5.91 Å². The van der Waals surface area contributed by atoms with Crippen LogP contribution in [-0.4, -0.2) is 24.0 Å². The van der Waals surface area contributed by atoms with Crippen molar-refractivity contribution >= 4 is 39.0 Å². The molecule has 0 aliphatic carbocycles. The van der Waals surface area contributed by atoms with Crippen molar-refractivity contribution in [3.8, 4) is 6.07 Å². The second-order valence-corrected chi connectivity index (χ2v) is 6.26. The number of aromatic nitrogens is 1. The first-order valence-corrected chi connectivity index (χ1v) is 7.44. The number of hydrogen-bond acceptors (Lipinski definition) is 5. The summed E-state index contributed by atoms with van der Waals surface area (Å²) in [6.45, 7) is 0.958. The van der Waals surface area contributed by atoms with Gasteiger partial charge in [0.05, 0.1) is 14.2 Å². The molecule has 2 aromatic heterocycles. The van der Waals surface area contributed by atoms with Crippen LogP contribution in [0.1, 0.15) is 15.2 Å². The number of amides is 1. The summed E-state index contributed by atoms with van der Waals surface area (Å²) in [5, 5.41) is 14.7. The van der Waals surface area contributed by atoms with Crippen molar-refractivity contribution in [1.82, 2.24) is 10.3 Å². The number of thiophene rings is 1. The number of carbonyl (C=O) groups is 1. The van der Waals surface area contributed by atoms with Gasteiger partial charge in [0, 0.05) is 19.3 Å². The molecule has 2 aromatic rings. The Morgan fingerprint density at radius 2 is 2.25 bits per heavy atom. The highest BCUT2D eigenvalue weighted by Crippen LogP contribution is 2.21. The van der Waals surface area contributed by atoms with Crippen molar-refractivity contribution in [2.45, 2.75) is 0 Å². The number of nitrogens with zero attached hydrogens (tertiary/aromatic N) is 2. The average Bonchev–Trinajstić information content (AvgIpc) is 2.90. The van der Waals surface area contributed by atoms with Crippen LogP contribution in [0.25, 0.3) is 0 Å². The Bertz CT molecular complexity index is 650. The molecule has 2 heterocycles. The first-order chi connectivity index (χ1) is 9.70. The van der Waals surface area contributed by atoms with Gasteiger partial charge in [0.2, 0.25) is 0 Å². The van der Waals surface area contributed by atoms with Crippen molar-refractivity contribution in [3.05, 3.63) is 44.7 Å². The molecular formula is C13H11BrN4OS. The third kappa shape index (κ3) is 3.79. The Morgan fingerprint density at radius 3 is 2.95 bits per heavy atom. The van der Waals surface area contributed by atoms with Gasteiger partial charge < -0.3 is 10.6 Å². The largest absolute Gasteiger partial charge is 0.367 e. The minimum absolute atomic E-state index is 0.107. The number of rotatable bonds is 5. The second kappa shape index (κ2) is 7.03. The third-order valence-corrected chi connectivity index (χ3v) is 4.05. The van der Waals surface area contributed by atoms with E-state index in [1.54, 1.807) is 24.4 Å². The monoisotopic (exact) mass is 350 g/mol. The summed E-state index contributed by atoms with van der Waals surface area (Å²) in [7, 11) is 0. The SMILES string of the molecule is N#Cc1cccnc1NCCNC(=O)c1ccc(Br)s1. The van der Waals surface area contributed by atoms with E-state index in [1.807, 2.05) is 6.07 Å². The number of nitriles is 1. The fourth-order valence-electron chi connectivity index (χ4n) is 1.52. The van der Waals surface area contributed by atoms with Crippen LogP contribution in [0.4, 0.5) is 5.82 Å². The zero-order valence-electron chi connectivity index (χ0n) is 10.4. The molecule has 7 heteroatoms. The lowest BCUT2D eigenvalue weighted by Crippen LogP contribution is -2.28. The van der Waals surface area contributed by atoms with E-state index in [1.165, 1.54) is 11.3 Å². The highest BCUT2D eigenvalue weighted by atomic mass is 79.9. The van der Waals surface area contributed by atoms with Crippen LogP contribution in [-0.2, 0) is 0 Å². The van der Waals surface area contributed by atoms with E-state index in [4.69, 9.17) is 5.26 Å². The lowest BCUT2D eigenvalue weighted by atomic mass is 10.3. The van der Waals surface area contributed by atoms with Gasteiger partial charge in [-0.2, -0.15) is 5.26 Å². The van der Waals surface area contributed by atoms with E-state index >= 15 is 0 Å². The Balaban J connectivity index is 1.79. The maximum absolute atomic E-state index is 11.8. The fraction of sp³-hybridized carbons (Fsp3) is 0.154. The maximum Gasteiger partial charge on any atom is 0.261 e. The lowest BCUT2D eigenvalue weighted by molar-refractivity contribution is 0.0959. The molecule has 0 unspecified atom stereocenters. The zero-order valence-corrected chi connectivity index (χ0v) is 12.8. The molecule has 102 valence electrons. The zero-order chi connectivity index (χ0) is 14.4. The van der Waals surface area contributed by atoms with Gasteiger partial charge in [-0.25, -0.2) is 4.98 Å². The van der Waals surface area contributed by atoms with Crippen LogP contribution in [0.2, 0.25) is 0 Å². The molecule has 5 nitrogen and oxygen atoms in total. The fourth-order valence-corrected chi connectivity index (χ4v) is 2.82. The van der Waals surface area contributed by atoms with Crippen LogP contribution in [0.3, 0.4) is 0 Å². The van der Waals surface area contributed by atoms with E-state index in [0.29, 0.717) is 29.3 Å². The Morgan fingerprint density at radius 1 is 1.40 bits per heavy atom. The average molecular weight is 351 g/mol. The van der Waals surface area contributed by atoms with Crippen molar-refractivity contribution < 1.29 is 4.79 Å². The molecule has 2 N–H and O–H groups in total. The van der Waals surface area contributed by atoms with E-state index in [2.05, 4.69) is 37.6 Å². The van der Waals surface area contributed by atoms with Gasteiger partial charge in [-0.15, -0.1) is 11.3 Å². The summed E-state index contributed by atoms with van der Waals surface area (Å²) < 4.78 is 0.924. The van der Waals surface area contributed by atoms with Gasteiger partial charge >= 0.3 is 0 Å². The molecule has 0 saturated heterocycles. The molecule has 0 radical (unpaired) electrons. The molecule has 0 aliphatic heterocycles. The predicted molar refractivity (Wildman–Crippen MR) is 81.8 cm³/mol. The van der Waals surface area contributed by atoms with E-state index in [0.717, 1.165) is 3.79 Å². The molecule has 1 amide bonds. The lowest BCUT2D eigenvalue weighted by Gasteiger charge is -2.07. The quantitative estimate of drug-likeness (QED) is 0.812. The number of halogens is 1. The molecule has 0 atom stereocenters. The van der Waals surface area contributed by atoms with E-state index < -0.39 is 0 Å². The van der Waals surface area contributed by atoms with E-state index in [9.17, 15) is 4.79 Å². The molecule has 20 heavy (non-hydrogen) atoms. The molecule has 0 bridgehead atoms. The number of anilines is 1. The van der Waals surface area contributed by atoms with Crippen molar-refractivity contribution in [2.75, 3.05) is 18.4 Å². The minimum atomic E-state index is -0.107. The van der Waals surface area contributed by atoms with Crippen molar-refractivity contribution in [3.63, 3.8) is 0 Å². The van der Waals surface area contributed by atoms with Crippen molar-refractivity contribution in [2.24, 2.45) is 0 Å². The second-order valence-electron chi connectivity index (χ2n) is 3.80. The number of nitrogens with one attached hydrogen (secondary N) is 2. The topological polar surface area (TPSA) is 77.8 Å². The molecule has 0 saturated carbocycles. The van der Waals surface area contributed by atoms with Gasteiger partial charge in [0.1, 0.15) is 11.9 Å². The van der Waals surface area contributed by atoms with Gasteiger partial charge in [0.15, 0.2) is 0 Å². The van der Waals surface area contributed by atoms with Gasteiger partial charge in [-0.3, -0.25) is 4.79 Å². The highest BCUT2D eigenvalue weighted by Gasteiger charge is 2.07. The third-order valence-electron chi connectivity index (χ3n) is 2.43. The first-order valence-electron chi connectivity index (χ1n) is 5.83. The number of hydrogen-bond donors (Lipinski definition) is 2. The van der Waals surface area contributed by atoms with Crippen LogP contribution in [0.5, 0.6) is 0 Å². The molecule has 0 aromatic carbocycles. The van der Waals surface area contributed by atoms with Crippen LogP contribution in [0.15, 0.2) is 34.2 Å². The standard InChI is InChI=1S/C13H11BrN4OS/c14-11-4-3-10(20-11)13(19)18-7-6-17-12-9(8-15)2-1-5-16-12/h1-5H,6-7H2,(H,16,17)(H,18,19). The summed E-state index contributed by atoms with van der Waals surface area (Å²) in [6.07, 6.45) is 1.62. The molecule has 0 spiro atoms. The van der Waals surface area contributed by atoms with Crippen LogP contribution < -0.4 is 10.6 Å². The predicted octanol–water partition coefficient (Wildman–Crippen LogP) is 2.62. The smallest absolute Gasteiger partial charge is 0.261 e. The van der Waals surface area contributed by atoms with Gasteiger partial charge in [-0.1, -0.05) is 0 Å². The summed E-state index contributed by atoms with van der Waals surface area (Å²) >= 11 is 4.70. The molecule has 0 fully saturated rings. The molecule has 0 aliphatic rings. The summed E-state index contributed by atoms with van der Waals surface area (Å²) in [4.78, 5) is 16.5. The molecule has 2 rings (SSSR count). The highest BCUT2D eigenvalue weighted by molar-refractivity contribution is 9.11. The number of pyridine rings is 1. The Labute approximate surface area is 128 Å².